The Morgan fingerprint density at radius 3 is 2.04 bits per heavy atom. The lowest BCUT2D eigenvalue weighted by molar-refractivity contribution is -0.644. The fourth-order valence-corrected chi connectivity index (χ4v) is 3.26. The predicted octanol–water partition coefficient (Wildman–Crippen LogP) is 5.55. The number of aromatic nitrogens is 1. The monoisotopic (exact) mass is 396 g/mol. The Kier molecular flexibility index (Phi) is 10.8. The summed E-state index contributed by atoms with van der Waals surface area (Å²) in [5.74, 6) is 0. The van der Waals surface area contributed by atoms with Crippen molar-refractivity contribution < 1.29 is 4.57 Å². The molecule has 1 aliphatic carbocycles. The average Bonchev–Trinajstić information content (AvgIpc) is 3.20. The first kappa shape index (κ1) is 23.6. The molecule has 1 aliphatic rings. The van der Waals surface area contributed by atoms with Gasteiger partial charge in [-0.25, -0.2) is 0 Å². The van der Waals surface area contributed by atoms with Crippen molar-refractivity contribution in [3.8, 4) is 0 Å². The van der Waals surface area contributed by atoms with Crippen LogP contribution in [0.25, 0.3) is 10.9 Å². The van der Waals surface area contributed by atoms with Crippen molar-refractivity contribution in [2.45, 2.75) is 47.0 Å². The van der Waals surface area contributed by atoms with E-state index in [2.05, 4.69) is 41.7 Å². The van der Waals surface area contributed by atoms with Gasteiger partial charge in [0.2, 0.25) is 5.52 Å². The fourth-order valence-electron chi connectivity index (χ4n) is 3.14. The Labute approximate surface area is 175 Å². The van der Waals surface area contributed by atoms with Gasteiger partial charge in [0.25, 0.3) is 0 Å². The number of hydrogen-bond acceptors (Lipinski definition) is 1. The van der Waals surface area contributed by atoms with E-state index in [0.29, 0.717) is 0 Å². The second-order valence-corrected chi connectivity index (χ2v) is 6.45. The van der Waals surface area contributed by atoms with E-state index in [1.165, 1.54) is 24.8 Å². The molecular formula is C24H34N3S+. The maximum absolute atomic E-state index is 5.43. The molecule has 4 rings (SSSR count). The zero-order valence-electron chi connectivity index (χ0n) is 17.8. The van der Waals surface area contributed by atoms with Crippen LogP contribution in [-0.4, -0.2) is 5.11 Å². The van der Waals surface area contributed by atoms with Crippen LogP contribution in [0.15, 0.2) is 60.8 Å². The summed E-state index contributed by atoms with van der Waals surface area (Å²) in [5.41, 5.74) is 10.6. The summed E-state index contributed by atoms with van der Waals surface area (Å²) in [7, 11) is 1.99. The summed E-state index contributed by atoms with van der Waals surface area (Å²) in [5, 5.41) is 4.36. The van der Waals surface area contributed by atoms with Crippen molar-refractivity contribution in [3.05, 3.63) is 71.9 Å². The van der Waals surface area contributed by atoms with Crippen molar-refractivity contribution in [2.24, 2.45) is 12.8 Å². The van der Waals surface area contributed by atoms with E-state index in [1.54, 1.807) is 11.1 Å². The van der Waals surface area contributed by atoms with Crippen LogP contribution in [-0.2, 0) is 19.9 Å². The fraction of sp³-hybridized carbons (Fsp3) is 0.333. The van der Waals surface area contributed by atoms with E-state index in [-0.39, 0.29) is 5.11 Å². The lowest BCUT2D eigenvalue weighted by atomic mass is 10.1. The van der Waals surface area contributed by atoms with Crippen LogP contribution in [0.5, 0.6) is 0 Å². The highest BCUT2D eigenvalue weighted by molar-refractivity contribution is 7.80. The number of para-hydroxylation sites is 1. The molecule has 28 heavy (non-hydrogen) atoms. The number of nitrogens with zero attached hydrogens (tertiary/aromatic N) is 1. The molecule has 3 N–H and O–H groups in total. The van der Waals surface area contributed by atoms with Crippen molar-refractivity contribution in [1.29, 1.82) is 0 Å². The van der Waals surface area contributed by atoms with Gasteiger partial charge in [-0.2, -0.15) is 4.57 Å². The smallest absolute Gasteiger partial charge is 0.212 e. The number of fused-ring (bicyclic) bond motifs is 2. The van der Waals surface area contributed by atoms with Crippen molar-refractivity contribution in [2.75, 3.05) is 5.32 Å². The van der Waals surface area contributed by atoms with E-state index >= 15 is 0 Å². The minimum absolute atomic E-state index is 0.283. The van der Waals surface area contributed by atoms with E-state index in [1.807, 2.05) is 63.7 Å². The SMILES string of the molecule is CC.CC.C[n+]1cc(NC(N)=S)cc2ccccc21.c1ccc2c(c1)CCC2. The predicted molar refractivity (Wildman–Crippen MR) is 127 cm³/mol. The van der Waals surface area contributed by atoms with Gasteiger partial charge in [0.1, 0.15) is 12.7 Å². The second kappa shape index (κ2) is 12.8. The maximum atomic E-state index is 5.43. The summed E-state index contributed by atoms with van der Waals surface area (Å²) in [6, 6.07) is 18.9. The standard InChI is InChI=1S/C11H11N3S.C9H10.2C2H6/c1-14-7-9(13-11(12)15)6-8-4-2-3-5-10(8)14;1-2-5-9-7-3-6-8(9)4-1;2*1-2/h2-7H,1H3,(H2-,12,13,15);1-2,4-5H,3,6-7H2;2*1-2H3/p+1. The number of aryl methyl sites for hydroxylation is 3. The summed E-state index contributed by atoms with van der Waals surface area (Å²) in [4.78, 5) is 0. The molecule has 0 aliphatic heterocycles. The lowest BCUT2D eigenvalue weighted by Gasteiger charge is -2.03. The molecule has 0 radical (unpaired) electrons. The quantitative estimate of drug-likeness (QED) is 0.419. The van der Waals surface area contributed by atoms with Crippen LogP contribution in [0.2, 0.25) is 0 Å². The molecule has 0 atom stereocenters. The molecule has 3 nitrogen and oxygen atoms in total. The highest BCUT2D eigenvalue weighted by Gasteiger charge is 2.07. The maximum Gasteiger partial charge on any atom is 0.212 e. The molecule has 150 valence electrons. The molecule has 1 heterocycles. The van der Waals surface area contributed by atoms with Crippen molar-refractivity contribution >= 4 is 33.9 Å². The number of anilines is 1. The number of hydrogen-bond donors (Lipinski definition) is 2. The first-order valence-corrected chi connectivity index (χ1v) is 10.6. The van der Waals surface area contributed by atoms with Gasteiger partial charge < -0.3 is 11.1 Å². The van der Waals surface area contributed by atoms with Gasteiger partial charge in [-0.05, 0) is 54.7 Å². The summed E-state index contributed by atoms with van der Waals surface area (Å²) >= 11 is 4.80. The number of nitrogens with one attached hydrogen (secondary N) is 1. The Balaban J connectivity index is 0.000000257. The topological polar surface area (TPSA) is 41.9 Å². The Morgan fingerprint density at radius 1 is 0.929 bits per heavy atom. The van der Waals surface area contributed by atoms with Crippen molar-refractivity contribution in [1.82, 2.24) is 0 Å². The van der Waals surface area contributed by atoms with Gasteiger partial charge in [-0.3, -0.25) is 0 Å². The largest absolute Gasteiger partial charge is 0.376 e. The number of thiocarbonyl (C=S) groups is 1. The molecule has 0 bridgehead atoms. The van der Waals surface area contributed by atoms with E-state index in [9.17, 15) is 0 Å². The third-order valence-electron chi connectivity index (χ3n) is 4.24. The third kappa shape index (κ3) is 6.93. The Hall–Kier alpha value is -2.46. The minimum atomic E-state index is 0.283. The number of rotatable bonds is 1. The Morgan fingerprint density at radius 2 is 1.46 bits per heavy atom. The van der Waals surface area contributed by atoms with E-state index in [4.69, 9.17) is 18.0 Å². The van der Waals surface area contributed by atoms with Gasteiger partial charge in [-0.1, -0.05) is 64.1 Å². The summed E-state index contributed by atoms with van der Waals surface area (Å²) < 4.78 is 2.04. The molecule has 1 aromatic heterocycles. The van der Waals surface area contributed by atoms with Crippen LogP contribution in [0.1, 0.15) is 45.2 Å². The molecule has 3 aromatic rings. The van der Waals surface area contributed by atoms with Gasteiger partial charge in [0.05, 0.1) is 0 Å². The number of nitrogens with two attached hydrogens (primary N) is 1. The molecule has 0 unspecified atom stereocenters. The number of pyridine rings is 1. The normalized spacial score (nSPS) is 10.9. The zero-order chi connectivity index (χ0) is 20.9. The first-order valence-electron chi connectivity index (χ1n) is 10.1. The second-order valence-electron chi connectivity index (χ2n) is 6.01. The van der Waals surface area contributed by atoms with Crippen LogP contribution < -0.4 is 15.6 Å². The van der Waals surface area contributed by atoms with Crippen LogP contribution in [0.3, 0.4) is 0 Å². The number of benzene rings is 2. The van der Waals surface area contributed by atoms with Crippen LogP contribution in [0.4, 0.5) is 5.69 Å². The molecule has 0 fully saturated rings. The molecule has 0 saturated carbocycles. The van der Waals surface area contributed by atoms with Gasteiger partial charge in [0.15, 0.2) is 11.3 Å². The van der Waals surface area contributed by atoms with Gasteiger partial charge in [-0.15, -0.1) is 0 Å². The minimum Gasteiger partial charge on any atom is -0.376 e. The summed E-state index contributed by atoms with van der Waals surface area (Å²) in [6.07, 6.45) is 5.92. The molecule has 2 aromatic carbocycles. The summed E-state index contributed by atoms with van der Waals surface area (Å²) in [6.45, 7) is 8.00. The molecular weight excluding hydrogens is 362 g/mol. The van der Waals surface area contributed by atoms with Gasteiger partial charge >= 0.3 is 0 Å². The molecule has 0 amide bonds. The molecule has 4 heteroatoms. The van der Waals surface area contributed by atoms with Crippen LogP contribution in [0, 0.1) is 0 Å². The van der Waals surface area contributed by atoms with E-state index < -0.39 is 0 Å². The van der Waals surface area contributed by atoms with Gasteiger partial charge in [0, 0.05) is 11.5 Å². The molecule has 0 spiro atoms. The highest BCUT2D eigenvalue weighted by Crippen LogP contribution is 2.20. The third-order valence-corrected chi connectivity index (χ3v) is 4.34. The van der Waals surface area contributed by atoms with Crippen LogP contribution >= 0.6 is 12.2 Å². The lowest BCUT2D eigenvalue weighted by Crippen LogP contribution is -2.30. The highest BCUT2D eigenvalue weighted by atomic mass is 32.1. The average molecular weight is 397 g/mol. The molecule has 0 saturated heterocycles. The zero-order valence-corrected chi connectivity index (χ0v) is 18.6. The van der Waals surface area contributed by atoms with E-state index in [0.717, 1.165) is 11.1 Å². The first-order chi connectivity index (χ1) is 13.6. The van der Waals surface area contributed by atoms with Crippen molar-refractivity contribution in [3.63, 3.8) is 0 Å². The Bertz CT molecular complexity index is 852.